The number of carbonyl (C=O) groups excluding carboxylic acids is 2. The number of amides is 1. The number of hydrogen-bond donors (Lipinski definition) is 1. The normalized spacial score (nSPS) is 10.9. The Morgan fingerprint density at radius 3 is 2.64 bits per heavy atom. The number of rotatable bonds is 7. The third kappa shape index (κ3) is 5.90. The molecule has 0 spiro atoms. The summed E-state index contributed by atoms with van der Waals surface area (Å²) in [5.74, 6) is -0.102. The van der Waals surface area contributed by atoms with Gasteiger partial charge >= 0.3 is 0 Å². The molecule has 142 valence electrons. The minimum atomic E-state index is -0.362. The Bertz CT molecular complexity index is 1020. The van der Waals surface area contributed by atoms with Gasteiger partial charge in [-0.2, -0.15) is 0 Å². The van der Waals surface area contributed by atoms with E-state index in [1.54, 1.807) is 36.4 Å². The maximum atomic E-state index is 12.1. The average molecular weight is 450 g/mol. The molecule has 0 unspecified atom stereocenters. The molecule has 0 fully saturated rings. The summed E-state index contributed by atoms with van der Waals surface area (Å²) in [5, 5.41) is 11.9. The van der Waals surface area contributed by atoms with Gasteiger partial charge in [-0.25, -0.2) is 0 Å². The highest BCUT2D eigenvalue weighted by molar-refractivity contribution is 8.01. The molecule has 3 aromatic rings. The minimum Gasteiger partial charge on any atom is -0.297 e. The summed E-state index contributed by atoms with van der Waals surface area (Å²) in [6.07, 6.45) is 2.94. The van der Waals surface area contributed by atoms with Gasteiger partial charge in [0.2, 0.25) is 11.0 Å². The lowest BCUT2D eigenvalue weighted by Crippen LogP contribution is -2.07. The van der Waals surface area contributed by atoms with E-state index in [4.69, 9.17) is 23.2 Å². The number of aromatic nitrogens is 2. The first-order valence-electron chi connectivity index (χ1n) is 8.00. The van der Waals surface area contributed by atoms with Gasteiger partial charge in [-0.05, 0) is 23.8 Å². The van der Waals surface area contributed by atoms with E-state index < -0.39 is 0 Å². The van der Waals surface area contributed by atoms with Crippen LogP contribution >= 0.6 is 46.3 Å². The van der Waals surface area contributed by atoms with Crippen LogP contribution in [0, 0.1) is 0 Å². The number of nitrogens with one attached hydrogen (secondary N) is 1. The Kier molecular flexibility index (Phi) is 7.22. The number of benzene rings is 2. The van der Waals surface area contributed by atoms with Crippen molar-refractivity contribution in [2.45, 2.75) is 4.34 Å². The molecule has 3 rings (SSSR count). The van der Waals surface area contributed by atoms with Crippen LogP contribution in [0.3, 0.4) is 0 Å². The van der Waals surface area contributed by atoms with Crippen LogP contribution in [0.15, 0.2) is 58.9 Å². The molecule has 0 aliphatic heterocycles. The van der Waals surface area contributed by atoms with Gasteiger partial charge in [0.25, 0.3) is 0 Å². The summed E-state index contributed by atoms with van der Waals surface area (Å²) in [7, 11) is 0. The van der Waals surface area contributed by atoms with Crippen molar-refractivity contribution >= 4 is 69.2 Å². The lowest BCUT2D eigenvalue weighted by molar-refractivity contribution is -0.111. The van der Waals surface area contributed by atoms with E-state index in [0.717, 1.165) is 0 Å². The van der Waals surface area contributed by atoms with Crippen LogP contribution in [0.1, 0.15) is 15.9 Å². The monoisotopic (exact) mass is 449 g/mol. The summed E-state index contributed by atoms with van der Waals surface area (Å²) in [4.78, 5) is 24.1. The van der Waals surface area contributed by atoms with E-state index in [2.05, 4.69) is 15.5 Å². The summed E-state index contributed by atoms with van der Waals surface area (Å²) in [6.45, 7) is 0. The molecular weight excluding hydrogens is 437 g/mol. The van der Waals surface area contributed by atoms with Gasteiger partial charge in [0, 0.05) is 21.7 Å². The third-order valence-corrected chi connectivity index (χ3v) is 5.97. The van der Waals surface area contributed by atoms with Crippen molar-refractivity contribution in [3.63, 3.8) is 0 Å². The van der Waals surface area contributed by atoms with Crippen molar-refractivity contribution in [2.75, 3.05) is 11.1 Å². The second-order valence-corrected chi connectivity index (χ2v) is 8.48. The van der Waals surface area contributed by atoms with Gasteiger partial charge in [0.05, 0.1) is 5.75 Å². The summed E-state index contributed by atoms with van der Waals surface area (Å²) >= 11 is 14.4. The first-order chi connectivity index (χ1) is 13.5. The van der Waals surface area contributed by atoms with Crippen LogP contribution in [0.4, 0.5) is 5.13 Å². The van der Waals surface area contributed by atoms with Gasteiger partial charge < -0.3 is 0 Å². The highest BCUT2D eigenvalue weighted by atomic mass is 35.5. The lowest BCUT2D eigenvalue weighted by Gasteiger charge is -1.99. The number of halogens is 2. The fourth-order valence-corrected chi connectivity index (χ4v) is 4.22. The molecular formula is C19H13Cl2N3O2S2. The standard InChI is InChI=1S/C19H13Cl2N3O2S2/c20-14-8-6-12(15(21)10-14)7-9-17(26)22-18-23-24-19(28-18)27-11-16(25)13-4-2-1-3-5-13/h1-10H,11H2,(H,22,23,26). The van der Waals surface area contributed by atoms with Crippen molar-refractivity contribution in [1.29, 1.82) is 0 Å². The van der Waals surface area contributed by atoms with Crippen molar-refractivity contribution in [2.24, 2.45) is 0 Å². The second-order valence-electron chi connectivity index (χ2n) is 5.44. The highest BCUT2D eigenvalue weighted by Crippen LogP contribution is 2.26. The molecule has 0 aliphatic rings. The first-order valence-corrected chi connectivity index (χ1v) is 10.6. The van der Waals surface area contributed by atoms with Crippen LogP contribution in [0.25, 0.3) is 6.08 Å². The smallest absolute Gasteiger partial charge is 0.250 e. The number of Topliss-reactive ketones (excluding diaryl/α,β-unsaturated/α-hetero) is 1. The topological polar surface area (TPSA) is 72.0 Å². The van der Waals surface area contributed by atoms with Crippen molar-refractivity contribution < 1.29 is 9.59 Å². The summed E-state index contributed by atoms with van der Waals surface area (Å²) in [6, 6.07) is 14.1. The maximum Gasteiger partial charge on any atom is 0.250 e. The fraction of sp³-hybridized carbons (Fsp3) is 0.0526. The van der Waals surface area contributed by atoms with Gasteiger partial charge in [-0.1, -0.05) is 82.7 Å². The van der Waals surface area contributed by atoms with E-state index in [0.29, 0.717) is 30.6 Å². The van der Waals surface area contributed by atoms with E-state index in [-0.39, 0.29) is 17.4 Å². The number of hydrogen-bond acceptors (Lipinski definition) is 6. The number of thioether (sulfide) groups is 1. The molecule has 0 saturated carbocycles. The predicted octanol–water partition coefficient (Wildman–Crippen LogP) is 5.47. The van der Waals surface area contributed by atoms with Crippen LogP contribution in [0.5, 0.6) is 0 Å². The average Bonchev–Trinajstić information content (AvgIpc) is 3.13. The van der Waals surface area contributed by atoms with Gasteiger partial charge in [-0.15, -0.1) is 10.2 Å². The zero-order valence-corrected chi connectivity index (χ0v) is 17.4. The van der Waals surface area contributed by atoms with Crippen molar-refractivity contribution in [3.8, 4) is 0 Å². The molecule has 0 radical (unpaired) electrons. The molecule has 2 aromatic carbocycles. The maximum absolute atomic E-state index is 12.1. The van der Waals surface area contributed by atoms with E-state index in [1.165, 1.54) is 29.2 Å². The van der Waals surface area contributed by atoms with Gasteiger partial charge in [0.1, 0.15) is 0 Å². The fourth-order valence-electron chi connectivity index (χ4n) is 2.10. The molecule has 28 heavy (non-hydrogen) atoms. The molecule has 0 saturated heterocycles. The Labute approximate surface area is 179 Å². The molecule has 0 bridgehead atoms. The van der Waals surface area contributed by atoms with Crippen LogP contribution in [-0.2, 0) is 4.79 Å². The van der Waals surface area contributed by atoms with E-state index >= 15 is 0 Å². The number of ketones is 1. The van der Waals surface area contributed by atoms with Crippen molar-refractivity contribution in [3.05, 3.63) is 75.8 Å². The predicted molar refractivity (Wildman–Crippen MR) is 116 cm³/mol. The Morgan fingerprint density at radius 1 is 1.11 bits per heavy atom. The number of carbonyl (C=O) groups is 2. The molecule has 1 N–H and O–H groups in total. The summed E-state index contributed by atoms with van der Waals surface area (Å²) in [5.41, 5.74) is 1.33. The molecule has 0 aliphatic carbocycles. The molecule has 5 nitrogen and oxygen atoms in total. The van der Waals surface area contributed by atoms with Crippen molar-refractivity contribution in [1.82, 2.24) is 10.2 Å². The Balaban J connectivity index is 1.53. The largest absolute Gasteiger partial charge is 0.297 e. The Hall–Kier alpha value is -2.19. The second kappa shape index (κ2) is 9.84. The number of anilines is 1. The van der Waals surface area contributed by atoms with E-state index in [1.807, 2.05) is 18.2 Å². The van der Waals surface area contributed by atoms with Crippen LogP contribution in [0.2, 0.25) is 10.0 Å². The minimum absolute atomic E-state index is 0.00848. The molecule has 0 atom stereocenters. The molecule has 1 aromatic heterocycles. The SMILES string of the molecule is O=C(C=Cc1ccc(Cl)cc1Cl)Nc1nnc(SCC(=O)c2ccccc2)s1. The van der Waals surface area contributed by atoms with E-state index in [9.17, 15) is 9.59 Å². The van der Waals surface area contributed by atoms with Gasteiger partial charge in [-0.3, -0.25) is 14.9 Å². The lowest BCUT2D eigenvalue weighted by atomic mass is 10.2. The number of nitrogens with zero attached hydrogens (tertiary/aromatic N) is 2. The first kappa shape index (κ1) is 20.5. The van der Waals surface area contributed by atoms with Crippen LogP contribution < -0.4 is 5.32 Å². The molecule has 9 heteroatoms. The molecule has 1 amide bonds. The Morgan fingerprint density at radius 2 is 1.89 bits per heavy atom. The summed E-state index contributed by atoms with van der Waals surface area (Å²) < 4.78 is 0.601. The van der Waals surface area contributed by atoms with Crippen LogP contribution in [-0.4, -0.2) is 27.6 Å². The third-order valence-electron chi connectivity index (χ3n) is 3.44. The highest BCUT2D eigenvalue weighted by Gasteiger charge is 2.11. The zero-order chi connectivity index (χ0) is 19.9. The quantitative estimate of drug-likeness (QED) is 0.224. The molecule has 1 heterocycles. The zero-order valence-electron chi connectivity index (χ0n) is 14.3. The van der Waals surface area contributed by atoms with Gasteiger partial charge in [0.15, 0.2) is 10.1 Å².